The van der Waals surface area contributed by atoms with Crippen LogP contribution in [-0.2, 0) is 6.54 Å². The molecule has 0 saturated carbocycles. The summed E-state index contributed by atoms with van der Waals surface area (Å²) in [6, 6.07) is 5.16. The average molecular weight is 384 g/mol. The van der Waals surface area contributed by atoms with Crippen molar-refractivity contribution >= 4 is 5.69 Å². The number of ether oxygens (including phenoxy) is 4. The predicted octanol–water partition coefficient (Wildman–Crippen LogP) is 3.44. The fourth-order valence-electron chi connectivity index (χ4n) is 2.89. The molecule has 6 nitrogen and oxygen atoms in total. The van der Waals surface area contributed by atoms with Gasteiger partial charge < -0.3 is 23.8 Å². The Hall–Kier alpha value is -2.84. The summed E-state index contributed by atoms with van der Waals surface area (Å²) < 4.78 is 61.0. The summed E-state index contributed by atoms with van der Waals surface area (Å²) in [5.41, 5.74) is 1.13. The molecule has 3 rings (SSSR count). The zero-order valence-corrected chi connectivity index (χ0v) is 15.0. The molecular formula is C18H19F3N2O4. The number of halogens is 3. The lowest BCUT2D eigenvalue weighted by Crippen LogP contribution is -2.48. The van der Waals surface area contributed by atoms with Crippen LogP contribution < -0.4 is 23.8 Å². The molecule has 1 aromatic heterocycles. The number of aromatic nitrogens is 1. The van der Waals surface area contributed by atoms with Crippen molar-refractivity contribution in [3.05, 3.63) is 36.2 Å². The normalized spacial score (nSPS) is 16.4. The molecular weight excluding hydrogens is 365 g/mol. The number of anilines is 1. The van der Waals surface area contributed by atoms with Gasteiger partial charge >= 0.3 is 6.18 Å². The summed E-state index contributed by atoms with van der Waals surface area (Å²) in [5.74, 6) is 1.28. The van der Waals surface area contributed by atoms with Crippen LogP contribution in [0.25, 0.3) is 0 Å². The molecule has 146 valence electrons. The monoisotopic (exact) mass is 384 g/mol. The van der Waals surface area contributed by atoms with Crippen molar-refractivity contribution in [2.75, 3.05) is 32.8 Å². The quantitative estimate of drug-likeness (QED) is 0.787. The number of benzene rings is 1. The highest BCUT2D eigenvalue weighted by molar-refractivity contribution is 5.65. The van der Waals surface area contributed by atoms with Gasteiger partial charge in [-0.1, -0.05) is 0 Å². The van der Waals surface area contributed by atoms with Crippen molar-refractivity contribution in [3.8, 4) is 23.0 Å². The van der Waals surface area contributed by atoms with Crippen LogP contribution in [0.5, 0.6) is 23.0 Å². The van der Waals surface area contributed by atoms with Gasteiger partial charge in [0.1, 0.15) is 17.2 Å². The standard InChI is InChI=1S/C18H19F3N2O4/c1-24-12-5-4-11(14(6-12)25-2)9-23-10-16(18(19,20)21)27-17-13(23)7-22-8-15(17)26-3/h4-8,16H,9-10H2,1-3H3. The molecule has 0 saturated heterocycles. The van der Waals surface area contributed by atoms with Gasteiger partial charge in [-0.05, 0) is 12.1 Å². The van der Waals surface area contributed by atoms with Gasteiger partial charge in [-0.25, -0.2) is 0 Å². The Kier molecular flexibility index (Phi) is 5.20. The molecule has 0 aliphatic carbocycles. The molecule has 1 aliphatic rings. The number of methoxy groups -OCH3 is 3. The van der Waals surface area contributed by atoms with Gasteiger partial charge in [0.15, 0.2) is 11.5 Å². The highest BCUT2D eigenvalue weighted by Gasteiger charge is 2.46. The summed E-state index contributed by atoms with van der Waals surface area (Å²) in [6.45, 7) is -0.203. The van der Waals surface area contributed by atoms with Crippen molar-refractivity contribution in [2.24, 2.45) is 0 Å². The van der Waals surface area contributed by atoms with Gasteiger partial charge in [-0.2, -0.15) is 13.2 Å². The van der Waals surface area contributed by atoms with E-state index in [1.807, 2.05) is 0 Å². The number of rotatable bonds is 5. The summed E-state index contributed by atoms with van der Waals surface area (Å²) in [7, 11) is 4.38. The van der Waals surface area contributed by atoms with Gasteiger partial charge in [0.2, 0.25) is 6.10 Å². The van der Waals surface area contributed by atoms with Crippen molar-refractivity contribution in [1.29, 1.82) is 0 Å². The van der Waals surface area contributed by atoms with Crippen molar-refractivity contribution in [1.82, 2.24) is 4.98 Å². The molecule has 2 heterocycles. The third kappa shape index (κ3) is 3.81. The molecule has 0 bridgehead atoms. The summed E-state index contributed by atoms with van der Waals surface area (Å²) in [6.07, 6.45) is -3.72. The lowest BCUT2D eigenvalue weighted by atomic mass is 10.1. The SMILES string of the molecule is COc1ccc(CN2CC(C(F)(F)F)Oc3c(OC)cncc32)c(OC)c1. The topological polar surface area (TPSA) is 53.1 Å². The van der Waals surface area contributed by atoms with Crippen LogP contribution in [0.4, 0.5) is 18.9 Å². The van der Waals surface area contributed by atoms with E-state index in [0.717, 1.165) is 0 Å². The minimum atomic E-state index is -4.52. The molecule has 9 heteroatoms. The van der Waals surface area contributed by atoms with Gasteiger partial charge in [-0.15, -0.1) is 0 Å². The molecule has 0 fully saturated rings. The van der Waals surface area contributed by atoms with E-state index in [0.29, 0.717) is 22.7 Å². The maximum absolute atomic E-state index is 13.4. The van der Waals surface area contributed by atoms with E-state index in [2.05, 4.69) is 4.98 Å². The molecule has 0 radical (unpaired) electrons. The van der Waals surface area contributed by atoms with Crippen molar-refractivity contribution in [2.45, 2.75) is 18.8 Å². The Bertz CT molecular complexity index is 814. The zero-order valence-electron chi connectivity index (χ0n) is 15.0. The third-order valence-corrected chi connectivity index (χ3v) is 4.27. The van der Waals surface area contributed by atoms with Crippen LogP contribution >= 0.6 is 0 Å². The third-order valence-electron chi connectivity index (χ3n) is 4.27. The van der Waals surface area contributed by atoms with E-state index in [1.165, 1.54) is 33.7 Å². The number of pyridine rings is 1. The molecule has 2 aromatic rings. The fraction of sp³-hybridized carbons (Fsp3) is 0.389. The summed E-state index contributed by atoms with van der Waals surface area (Å²) >= 11 is 0. The number of nitrogens with zero attached hydrogens (tertiary/aromatic N) is 2. The highest BCUT2D eigenvalue weighted by Crippen LogP contribution is 2.44. The second-order valence-electron chi connectivity index (χ2n) is 5.90. The second-order valence-corrected chi connectivity index (χ2v) is 5.90. The lowest BCUT2D eigenvalue weighted by molar-refractivity contribution is -0.193. The van der Waals surface area contributed by atoms with E-state index in [-0.39, 0.29) is 24.6 Å². The van der Waals surface area contributed by atoms with Crippen molar-refractivity contribution in [3.63, 3.8) is 0 Å². The number of fused-ring (bicyclic) bond motifs is 1. The molecule has 1 unspecified atom stereocenters. The first-order chi connectivity index (χ1) is 12.9. The first kappa shape index (κ1) is 18.9. The lowest BCUT2D eigenvalue weighted by Gasteiger charge is -2.37. The second kappa shape index (κ2) is 7.42. The van der Waals surface area contributed by atoms with E-state index in [4.69, 9.17) is 18.9 Å². The highest BCUT2D eigenvalue weighted by atomic mass is 19.4. The molecule has 0 spiro atoms. The Morgan fingerprint density at radius 2 is 1.85 bits per heavy atom. The van der Waals surface area contributed by atoms with Crippen LogP contribution in [-0.4, -0.2) is 45.1 Å². The number of hydrogen-bond acceptors (Lipinski definition) is 6. The van der Waals surface area contributed by atoms with E-state index < -0.39 is 12.3 Å². The minimum absolute atomic E-state index is 0.0218. The largest absolute Gasteiger partial charge is 0.497 e. The molecule has 27 heavy (non-hydrogen) atoms. The smallest absolute Gasteiger partial charge is 0.427 e. The Morgan fingerprint density at radius 1 is 1.11 bits per heavy atom. The molecule has 1 aliphatic heterocycles. The fourth-order valence-corrected chi connectivity index (χ4v) is 2.89. The van der Waals surface area contributed by atoms with E-state index in [1.54, 1.807) is 23.1 Å². The first-order valence-electron chi connectivity index (χ1n) is 8.08. The predicted molar refractivity (Wildman–Crippen MR) is 91.9 cm³/mol. The first-order valence-corrected chi connectivity index (χ1v) is 8.08. The van der Waals surface area contributed by atoms with E-state index >= 15 is 0 Å². The van der Waals surface area contributed by atoms with Crippen LogP contribution in [0.15, 0.2) is 30.6 Å². The molecule has 0 N–H and O–H groups in total. The Balaban J connectivity index is 2.00. The average Bonchev–Trinajstić information content (AvgIpc) is 2.66. The van der Waals surface area contributed by atoms with Crippen LogP contribution in [0.2, 0.25) is 0 Å². The maximum Gasteiger partial charge on any atom is 0.427 e. The van der Waals surface area contributed by atoms with Crippen LogP contribution in [0.1, 0.15) is 5.56 Å². The Labute approximate surface area is 154 Å². The van der Waals surface area contributed by atoms with Gasteiger partial charge in [0, 0.05) is 18.2 Å². The van der Waals surface area contributed by atoms with E-state index in [9.17, 15) is 13.2 Å². The number of alkyl halides is 3. The minimum Gasteiger partial charge on any atom is -0.497 e. The van der Waals surface area contributed by atoms with Gasteiger partial charge in [0.25, 0.3) is 0 Å². The van der Waals surface area contributed by atoms with Crippen LogP contribution in [0.3, 0.4) is 0 Å². The molecule has 0 amide bonds. The number of hydrogen-bond donors (Lipinski definition) is 0. The maximum atomic E-state index is 13.4. The van der Waals surface area contributed by atoms with Gasteiger partial charge in [-0.3, -0.25) is 4.98 Å². The summed E-state index contributed by atoms with van der Waals surface area (Å²) in [4.78, 5) is 5.59. The van der Waals surface area contributed by atoms with Crippen molar-refractivity contribution < 1.29 is 32.1 Å². The molecule has 1 aromatic carbocycles. The zero-order chi connectivity index (χ0) is 19.6. The van der Waals surface area contributed by atoms with Crippen LogP contribution in [0, 0.1) is 0 Å². The summed E-state index contributed by atoms with van der Waals surface area (Å²) in [5, 5.41) is 0. The van der Waals surface area contributed by atoms with Gasteiger partial charge in [0.05, 0.1) is 40.3 Å². The molecule has 1 atom stereocenters. The Morgan fingerprint density at radius 3 is 2.48 bits per heavy atom.